The van der Waals surface area contributed by atoms with Crippen molar-refractivity contribution in [3.05, 3.63) is 34.8 Å². The number of fused-ring (bicyclic) bond motifs is 1. The van der Waals surface area contributed by atoms with E-state index in [1.54, 1.807) is 11.3 Å². The molecule has 19 heavy (non-hydrogen) atoms. The SMILES string of the molecule is CCc1nnc(NC2c3ccccc3OC2(C)C)s1. The van der Waals surface area contributed by atoms with Crippen LogP contribution >= 0.6 is 11.3 Å². The van der Waals surface area contributed by atoms with E-state index in [-0.39, 0.29) is 11.6 Å². The van der Waals surface area contributed by atoms with Gasteiger partial charge in [0.25, 0.3) is 0 Å². The molecule has 0 radical (unpaired) electrons. The summed E-state index contributed by atoms with van der Waals surface area (Å²) in [7, 11) is 0. The molecule has 0 amide bonds. The molecule has 0 bridgehead atoms. The van der Waals surface area contributed by atoms with Gasteiger partial charge in [0.05, 0.1) is 6.04 Å². The third-order valence-electron chi connectivity index (χ3n) is 3.34. The highest BCUT2D eigenvalue weighted by Gasteiger charge is 2.41. The van der Waals surface area contributed by atoms with E-state index in [0.717, 1.165) is 22.3 Å². The molecule has 0 aliphatic carbocycles. The predicted molar refractivity (Wildman–Crippen MR) is 76.8 cm³/mol. The number of para-hydroxylation sites is 1. The molecule has 1 unspecified atom stereocenters. The summed E-state index contributed by atoms with van der Waals surface area (Å²) in [6.45, 7) is 6.26. The van der Waals surface area contributed by atoms with Gasteiger partial charge in [0, 0.05) is 5.56 Å². The van der Waals surface area contributed by atoms with Crippen molar-refractivity contribution < 1.29 is 4.74 Å². The zero-order valence-corrected chi connectivity index (χ0v) is 12.1. The Morgan fingerprint density at radius 2 is 2.11 bits per heavy atom. The average Bonchev–Trinajstić information content (AvgIpc) is 2.93. The largest absolute Gasteiger partial charge is 0.485 e. The standard InChI is InChI=1S/C14H17N3OS/c1-4-11-16-17-13(19-11)15-12-9-7-5-6-8-10(9)18-14(12,2)3/h5-8,12H,4H2,1-3H3,(H,15,17). The van der Waals surface area contributed by atoms with E-state index in [9.17, 15) is 0 Å². The van der Waals surface area contributed by atoms with Gasteiger partial charge in [-0.2, -0.15) is 0 Å². The van der Waals surface area contributed by atoms with Gasteiger partial charge in [-0.3, -0.25) is 0 Å². The van der Waals surface area contributed by atoms with Crippen molar-refractivity contribution in [2.75, 3.05) is 5.32 Å². The summed E-state index contributed by atoms with van der Waals surface area (Å²) in [5.41, 5.74) is 0.891. The third-order valence-corrected chi connectivity index (χ3v) is 4.33. The van der Waals surface area contributed by atoms with Crippen molar-refractivity contribution in [2.45, 2.75) is 38.8 Å². The van der Waals surface area contributed by atoms with Gasteiger partial charge >= 0.3 is 0 Å². The molecule has 1 atom stereocenters. The minimum atomic E-state index is -0.290. The first-order chi connectivity index (χ1) is 9.10. The Morgan fingerprint density at radius 3 is 2.84 bits per heavy atom. The molecule has 0 saturated heterocycles. The minimum Gasteiger partial charge on any atom is -0.485 e. The lowest BCUT2D eigenvalue weighted by Gasteiger charge is -2.26. The average molecular weight is 275 g/mol. The second-order valence-corrected chi connectivity index (χ2v) is 6.24. The van der Waals surface area contributed by atoms with Gasteiger partial charge < -0.3 is 10.1 Å². The Kier molecular flexibility index (Phi) is 2.93. The van der Waals surface area contributed by atoms with Crippen LogP contribution in [0.2, 0.25) is 0 Å². The molecule has 1 N–H and O–H groups in total. The second-order valence-electron chi connectivity index (χ2n) is 5.18. The van der Waals surface area contributed by atoms with Gasteiger partial charge in [-0.05, 0) is 26.3 Å². The summed E-state index contributed by atoms with van der Waals surface area (Å²) in [6, 6.07) is 8.24. The van der Waals surface area contributed by atoms with Crippen LogP contribution in [-0.2, 0) is 6.42 Å². The first-order valence-electron chi connectivity index (χ1n) is 6.47. The Balaban J connectivity index is 1.90. The molecule has 0 saturated carbocycles. The maximum Gasteiger partial charge on any atom is 0.206 e. The molecule has 0 fully saturated rings. The maximum atomic E-state index is 6.01. The fraction of sp³-hybridized carbons (Fsp3) is 0.429. The van der Waals surface area contributed by atoms with Crippen molar-refractivity contribution in [3.63, 3.8) is 0 Å². The van der Waals surface area contributed by atoms with Crippen LogP contribution in [0.4, 0.5) is 5.13 Å². The number of rotatable bonds is 3. The van der Waals surface area contributed by atoms with E-state index in [0.29, 0.717) is 0 Å². The molecule has 3 rings (SSSR count). The van der Waals surface area contributed by atoms with E-state index < -0.39 is 0 Å². The molecule has 1 aliphatic heterocycles. The maximum absolute atomic E-state index is 6.01. The van der Waals surface area contributed by atoms with Crippen LogP contribution in [0.1, 0.15) is 37.4 Å². The Labute approximate surface area is 116 Å². The summed E-state index contributed by atoms with van der Waals surface area (Å²) in [5, 5.41) is 13.7. The van der Waals surface area contributed by atoms with Crippen molar-refractivity contribution >= 4 is 16.5 Å². The third kappa shape index (κ3) is 2.18. The van der Waals surface area contributed by atoms with E-state index >= 15 is 0 Å². The van der Waals surface area contributed by atoms with E-state index in [2.05, 4.69) is 42.4 Å². The lowest BCUT2D eigenvalue weighted by atomic mass is 9.95. The second kappa shape index (κ2) is 4.49. The Morgan fingerprint density at radius 1 is 1.32 bits per heavy atom. The van der Waals surface area contributed by atoms with Crippen LogP contribution in [0.3, 0.4) is 0 Å². The number of hydrogen-bond donors (Lipinski definition) is 1. The van der Waals surface area contributed by atoms with Crippen molar-refractivity contribution in [1.29, 1.82) is 0 Å². The minimum absolute atomic E-state index is 0.0985. The molecule has 2 heterocycles. The number of anilines is 1. The predicted octanol–water partition coefficient (Wildman–Crippen LogP) is 3.42. The number of aromatic nitrogens is 2. The molecule has 100 valence electrons. The number of aryl methyl sites for hydroxylation is 1. The number of ether oxygens (including phenoxy) is 1. The monoisotopic (exact) mass is 275 g/mol. The normalized spacial score (nSPS) is 19.8. The zero-order valence-electron chi connectivity index (χ0n) is 11.3. The molecule has 1 aromatic carbocycles. The number of hydrogen-bond acceptors (Lipinski definition) is 5. The van der Waals surface area contributed by atoms with Gasteiger partial charge in [-0.1, -0.05) is 36.5 Å². The van der Waals surface area contributed by atoms with Crippen LogP contribution in [0.5, 0.6) is 5.75 Å². The fourth-order valence-electron chi connectivity index (χ4n) is 2.36. The van der Waals surface area contributed by atoms with Gasteiger partial charge in [0.15, 0.2) is 0 Å². The summed E-state index contributed by atoms with van der Waals surface area (Å²) in [5.74, 6) is 0.949. The first kappa shape index (κ1) is 12.4. The van der Waals surface area contributed by atoms with E-state index in [1.165, 1.54) is 5.56 Å². The fourth-order valence-corrected chi connectivity index (χ4v) is 3.07. The van der Waals surface area contributed by atoms with Crippen LogP contribution in [0.15, 0.2) is 24.3 Å². The molecule has 5 heteroatoms. The summed E-state index contributed by atoms with van der Waals surface area (Å²) < 4.78 is 6.01. The lowest BCUT2D eigenvalue weighted by Crippen LogP contribution is -2.34. The van der Waals surface area contributed by atoms with Crippen LogP contribution in [0, 0.1) is 0 Å². The highest BCUT2D eigenvalue weighted by atomic mass is 32.1. The smallest absolute Gasteiger partial charge is 0.206 e. The van der Waals surface area contributed by atoms with Gasteiger partial charge in [0.2, 0.25) is 5.13 Å². The lowest BCUT2D eigenvalue weighted by molar-refractivity contribution is 0.118. The van der Waals surface area contributed by atoms with Crippen molar-refractivity contribution in [3.8, 4) is 5.75 Å². The van der Waals surface area contributed by atoms with Crippen molar-refractivity contribution in [2.24, 2.45) is 0 Å². The van der Waals surface area contributed by atoms with Gasteiger partial charge in [-0.15, -0.1) is 10.2 Å². The highest BCUT2D eigenvalue weighted by Crippen LogP contribution is 2.44. The summed E-state index contributed by atoms with van der Waals surface area (Å²) >= 11 is 1.61. The molecule has 1 aromatic heterocycles. The topological polar surface area (TPSA) is 47.0 Å². The van der Waals surface area contributed by atoms with Crippen LogP contribution in [0.25, 0.3) is 0 Å². The molecule has 1 aliphatic rings. The highest BCUT2D eigenvalue weighted by molar-refractivity contribution is 7.15. The van der Waals surface area contributed by atoms with Gasteiger partial charge in [0.1, 0.15) is 16.4 Å². The van der Waals surface area contributed by atoms with E-state index in [1.807, 2.05) is 18.2 Å². The Hall–Kier alpha value is -1.62. The zero-order chi connectivity index (χ0) is 13.5. The number of nitrogens with zero attached hydrogens (tertiary/aromatic N) is 2. The van der Waals surface area contributed by atoms with Crippen LogP contribution in [-0.4, -0.2) is 15.8 Å². The number of benzene rings is 1. The quantitative estimate of drug-likeness (QED) is 0.932. The van der Waals surface area contributed by atoms with Crippen LogP contribution < -0.4 is 10.1 Å². The molecular formula is C14H17N3OS. The molecule has 0 spiro atoms. The molecule has 2 aromatic rings. The number of nitrogens with one attached hydrogen (secondary N) is 1. The van der Waals surface area contributed by atoms with Crippen molar-refractivity contribution in [1.82, 2.24) is 10.2 Å². The van der Waals surface area contributed by atoms with E-state index in [4.69, 9.17) is 4.74 Å². The Bertz CT molecular complexity index is 594. The molecule has 4 nitrogen and oxygen atoms in total. The summed E-state index contributed by atoms with van der Waals surface area (Å²) in [6.07, 6.45) is 0.917. The molecular weight excluding hydrogens is 258 g/mol. The van der Waals surface area contributed by atoms with Gasteiger partial charge in [-0.25, -0.2) is 0 Å². The first-order valence-corrected chi connectivity index (χ1v) is 7.28. The summed E-state index contributed by atoms with van der Waals surface area (Å²) in [4.78, 5) is 0.